The van der Waals surface area contributed by atoms with Gasteiger partial charge in [-0.3, -0.25) is 0 Å². The maximum atomic E-state index is 10.5. The van der Waals surface area contributed by atoms with Crippen molar-refractivity contribution in [2.75, 3.05) is 32.5 Å². The second-order valence-corrected chi connectivity index (χ2v) is 4.11. The molecule has 88 valence electrons. The molecule has 3 heteroatoms. The Kier molecular flexibility index (Phi) is 5.57. The molecule has 0 aliphatic carbocycles. The minimum Gasteiger partial charge on any atom is -0.385 e. The monoisotopic (exact) mass is 220 g/mol. The first-order valence-corrected chi connectivity index (χ1v) is 5.64. The number of anilines is 1. The lowest BCUT2D eigenvalue weighted by Crippen LogP contribution is -2.16. The molecule has 0 amide bonds. The molecule has 1 aromatic rings. The minimum atomic E-state index is 0.483. The van der Waals surface area contributed by atoms with Crippen molar-refractivity contribution in [3.8, 4) is 0 Å². The molecule has 0 saturated carbocycles. The quantitative estimate of drug-likeness (QED) is 0.561. The topological polar surface area (TPSA) is 32.3 Å². The summed E-state index contributed by atoms with van der Waals surface area (Å²) in [5.74, 6) is 0. The molecule has 0 aliphatic rings. The summed E-state index contributed by atoms with van der Waals surface area (Å²) in [7, 11) is 4.14. The molecule has 0 bridgehead atoms. The highest BCUT2D eigenvalue weighted by Gasteiger charge is 1.99. The van der Waals surface area contributed by atoms with Gasteiger partial charge >= 0.3 is 0 Å². The van der Waals surface area contributed by atoms with Crippen molar-refractivity contribution in [1.29, 1.82) is 0 Å². The summed E-state index contributed by atoms with van der Waals surface area (Å²) < 4.78 is 0. The van der Waals surface area contributed by atoms with E-state index in [1.807, 2.05) is 24.3 Å². The number of nitrogens with one attached hydrogen (secondary N) is 1. The number of carbonyl (C=O) groups excluding carboxylic acids is 1. The van der Waals surface area contributed by atoms with E-state index in [0.29, 0.717) is 6.42 Å². The van der Waals surface area contributed by atoms with Crippen LogP contribution >= 0.6 is 0 Å². The van der Waals surface area contributed by atoms with Crippen LogP contribution < -0.4 is 5.32 Å². The van der Waals surface area contributed by atoms with Gasteiger partial charge in [0.25, 0.3) is 0 Å². The maximum Gasteiger partial charge on any atom is 0.124 e. The zero-order valence-corrected chi connectivity index (χ0v) is 10.1. The summed E-state index contributed by atoms with van der Waals surface area (Å²) in [6.45, 7) is 2.01. The van der Waals surface area contributed by atoms with E-state index in [1.165, 1.54) is 0 Å². The van der Waals surface area contributed by atoms with Crippen LogP contribution in [0.2, 0.25) is 0 Å². The van der Waals surface area contributed by atoms with E-state index >= 15 is 0 Å². The van der Waals surface area contributed by atoms with Crippen LogP contribution in [0.5, 0.6) is 0 Å². The Morgan fingerprint density at radius 3 is 2.75 bits per heavy atom. The van der Waals surface area contributed by atoms with Crippen LogP contribution in [0.25, 0.3) is 0 Å². The van der Waals surface area contributed by atoms with E-state index in [4.69, 9.17) is 0 Å². The first-order chi connectivity index (χ1) is 7.74. The highest BCUT2D eigenvalue weighted by Crippen LogP contribution is 2.14. The third-order valence-electron chi connectivity index (χ3n) is 2.42. The molecule has 1 rings (SSSR count). The molecule has 1 N–H and O–H groups in total. The number of hydrogen-bond acceptors (Lipinski definition) is 3. The molecule has 0 aromatic heterocycles. The van der Waals surface area contributed by atoms with E-state index < -0.39 is 0 Å². The Labute approximate surface area is 97.5 Å². The molecule has 1 aromatic carbocycles. The van der Waals surface area contributed by atoms with E-state index in [1.54, 1.807) is 0 Å². The number of benzene rings is 1. The number of aldehydes is 1. The first-order valence-electron chi connectivity index (χ1n) is 5.64. The van der Waals surface area contributed by atoms with Gasteiger partial charge in [0.2, 0.25) is 0 Å². The number of nitrogens with zero attached hydrogens (tertiary/aromatic N) is 1. The molecule has 0 saturated heterocycles. The normalized spacial score (nSPS) is 10.4. The summed E-state index contributed by atoms with van der Waals surface area (Å²) in [6, 6.07) is 7.96. The van der Waals surface area contributed by atoms with Crippen LogP contribution in [0, 0.1) is 0 Å². The highest BCUT2D eigenvalue weighted by molar-refractivity contribution is 5.62. The number of hydrogen-bond donors (Lipinski definition) is 1. The van der Waals surface area contributed by atoms with Crippen LogP contribution in [0.15, 0.2) is 24.3 Å². The van der Waals surface area contributed by atoms with Gasteiger partial charge < -0.3 is 15.0 Å². The third-order valence-corrected chi connectivity index (χ3v) is 2.42. The molecule has 0 radical (unpaired) electrons. The first kappa shape index (κ1) is 12.7. The van der Waals surface area contributed by atoms with Crippen LogP contribution in [0.1, 0.15) is 12.0 Å². The van der Waals surface area contributed by atoms with Gasteiger partial charge in [-0.25, -0.2) is 0 Å². The van der Waals surface area contributed by atoms with E-state index in [2.05, 4.69) is 24.3 Å². The minimum absolute atomic E-state index is 0.483. The zero-order chi connectivity index (χ0) is 11.8. The number of carbonyl (C=O) groups is 1. The van der Waals surface area contributed by atoms with E-state index in [-0.39, 0.29) is 0 Å². The van der Waals surface area contributed by atoms with Gasteiger partial charge in [-0.05, 0) is 38.7 Å². The Balaban J connectivity index is 2.43. The van der Waals surface area contributed by atoms with E-state index in [9.17, 15) is 4.79 Å². The van der Waals surface area contributed by atoms with Gasteiger partial charge in [0, 0.05) is 18.7 Å². The highest BCUT2D eigenvalue weighted by atomic mass is 16.1. The van der Waals surface area contributed by atoms with Crippen molar-refractivity contribution >= 4 is 12.0 Å². The third kappa shape index (κ3) is 4.45. The average molecular weight is 220 g/mol. The summed E-state index contributed by atoms with van der Waals surface area (Å²) in [5, 5.41) is 3.37. The van der Waals surface area contributed by atoms with Crippen molar-refractivity contribution < 1.29 is 4.79 Å². The predicted octanol–water partition coefficient (Wildman–Crippen LogP) is 1.79. The standard InChI is InChI=1S/C13H20N2O/c1-15(2)10-5-9-14-13-7-4-3-6-12(13)8-11-16/h3-4,6-7,11,14H,5,8-10H2,1-2H3. The number of para-hydroxylation sites is 1. The fourth-order valence-electron chi connectivity index (χ4n) is 1.58. The van der Waals surface area contributed by atoms with Gasteiger partial charge in [0.15, 0.2) is 0 Å². The van der Waals surface area contributed by atoms with Gasteiger partial charge in [0.05, 0.1) is 0 Å². The molecule has 0 heterocycles. The molecule has 0 atom stereocenters. The molecular formula is C13H20N2O. The smallest absolute Gasteiger partial charge is 0.124 e. The van der Waals surface area contributed by atoms with Gasteiger partial charge in [-0.15, -0.1) is 0 Å². The van der Waals surface area contributed by atoms with Crippen molar-refractivity contribution in [2.24, 2.45) is 0 Å². The predicted molar refractivity (Wildman–Crippen MR) is 67.9 cm³/mol. The second-order valence-electron chi connectivity index (χ2n) is 4.11. The Morgan fingerprint density at radius 2 is 2.06 bits per heavy atom. The van der Waals surface area contributed by atoms with Crippen LogP contribution in [0.4, 0.5) is 5.69 Å². The molecule has 0 spiro atoms. The number of rotatable bonds is 7. The largest absolute Gasteiger partial charge is 0.385 e. The summed E-state index contributed by atoms with van der Waals surface area (Å²) in [6.07, 6.45) is 2.53. The maximum absolute atomic E-state index is 10.5. The lowest BCUT2D eigenvalue weighted by Gasteiger charge is -2.12. The van der Waals surface area contributed by atoms with Crippen molar-refractivity contribution in [3.63, 3.8) is 0 Å². The Bertz CT molecular complexity index is 323. The molecule has 16 heavy (non-hydrogen) atoms. The molecule has 3 nitrogen and oxygen atoms in total. The van der Waals surface area contributed by atoms with Gasteiger partial charge in [-0.2, -0.15) is 0 Å². The van der Waals surface area contributed by atoms with Crippen molar-refractivity contribution in [1.82, 2.24) is 4.90 Å². The van der Waals surface area contributed by atoms with E-state index in [0.717, 1.165) is 37.0 Å². The van der Waals surface area contributed by atoms with Crippen LogP contribution in [0.3, 0.4) is 0 Å². The lowest BCUT2D eigenvalue weighted by atomic mass is 10.1. The Morgan fingerprint density at radius 1 is 1.31 bits per heavy atom. The summed E-state index contributed by atoms with van der Waals surface area (Å²) in [5.41, 5.74) is 2.15. The molecular weight excluding hydrogens is 200 g/mol. The average Bonchev–Trinajstić information content (AvgIpc) is 2.26. The second kappa shape index (κ2) is 7.01. The van der Waals surface area contributed by atoms with Crippen LogP contribution in [-0.4, -0.2) is 38.4 Å². The van der Waals surface area contributed by atoms with Gasteiger partial charge in [0.1, 0.15) is 6.29 Å². The van der Waals surface area contributed by atoms with Crippen molar-refractivity contribution in [3.05, 3.63) is 29.8 Å². The zero-order valence-electron chi connectivity index (χ0n) is 10.1. The van der Waals surface area contributed by atoms with Crippen LogP contribution in [-0.2, 0) is 11.2 Å². The Hall–Kier alpha value is -1.35. The molecule has 0 aliphatic heterocycles. The van der Waals surface area contributed by atoms with Gasteiger partial charge in [-0.1, -0.05) is 18.2 Å². The molecule has 0 unspecified atom stereocenters. The fourth-order valence-corrected chi connectivity index (χ4v) is 1.58. The summed E-state index contributed by atoms with van der Waals surface area (Å²) in [4.78, 5) is 12.7. The fraction of sp³-hybridized carbons (Fsp3) is 0.462. The molecule has 0 fully saturated rings. The van der Waals surface area contributed by atoms with Crippen molar-refractivity contribution in [2.45, 2.75) is 12.8 Å². The lowest BCUT2D eigenvalue weighted by molar-refractivity contribution is -0.107. The SMILES string of the molecule is CN(C)CCCNc1ccccc1CC=O. The summed E-state index contributed by atoms with van der Waals surface area (Å²) >= 11 is 0.